The Morgan fingerprint density at radius 3 is 2.80 bits per heavy atom. The predicted molar refractivity (Wildman–Crippen MR) is 56.6 cm³/mol. The van der Waals surface area contributed by atoms with Gasteiger partial charge >= 0.3 is 6.09 Å². The van der Waals surface area contributed by atoms with Crippen LogP contribution in [0.2, 0.25) is 0 Å². The Bertz CT molecular complexity index is 339. The van der Waals surface area contributed by atoms with Crippen molar-refractivity contribution < 1.29 is 9.53 Å². The van der Waals surface area contributed by atoms with E-state index < -0.39 is 11.7 Å². The van der Waals surface area contributed by atoms with Gasteiger partial charge in [0.15, 0.2) is 0 Å². The molecule has 0 aliphatic rings. The number of aromatic nitrogens is 2. The van der Waals surface area contributed by atoms with Gasteiger partial charge in [0.1, 0.15) is 11.9 Å². The fraction of sp³-hybridized carbons (Fsp3) is 0.600. The highest BCUT2D eigenvalue weighted by Crippen LogP contribution is 2.09. The van der Waals surface area contributed by atoms with Crippen molar-refractivity contribution in [3.05, 3.63) is 18.2 Å². The Hall–Kier alpha value is -1.36. The molecule has 0 fully saturated rings. The van der Waals surface area contributed by atoms with Gasteiger partial charge in [-0.25, -0.2) is 14.3 Å². The molecular weight excluding hydrogens is 194 g/mol. The van der Waals surface area contributed by atoms with Gasteiger partial charge in [-0.05, 0) is 27.8 Å². The molecule has 0 spiro atoms. The molecule has 1 aromatic rings. The molecule has 5 nitrogen and oxygen atoms in total. The van der Waals surface area contributed by atoms with Crippen LogP contribution in [0.1, 0.15) is 26.5 Å². The van der Waals surface area contributed by atoms with Gasteiger partial charge in [-0.1, -0.05) is 0 Å². The molecule has 0 atom stereocenters. The molecule has 0 unspecified atom stereocenters. The smallest absolute Gasteiger partial charge is 0.419 e. The quantitative estimate of drug-likeness (QED) is 0.803. The third-order valence-electron chi connectivity index (χ3n) is 1.60. The van der Waals surface area contributed by atoms with E-state index >= 15 is 0 Å². The van der Waals surface area contributed by atoms with Crippen molar-refractivity contribution in [2.75, 3.05) is 7.05 Å². The zero-order chi connectivity index (χ0) is 11.5. The highest BCUT2D eigenvalue weighted by Gasteiger charge is 2.17. The van der Waals surface area contributed by atoms with Gasteiger partial charge in [0.2, 0.25) is 0 Å². The SMILES string of the molecule is CNCc1cn(C(=O)OC(C)(C)C)cn1. The molecule has 84 valence electrons. The first kappa shape index (κ1) is 11.7. The Balaban J connectivity index is 2.66. The van der Waals surface area contributed by atoms with E-state index in [2.05, 4.69) is 10.3 Å². The maximum Gasteiger partial charge on any atom is 0.419 e. The van der Waals surface area contributed by atoms with Gasteiger partial charge in [0, 0.05) is 12.7 Å². The summed E-state index contributed by atoms with van der Waals surface area (Å²) in [6, 6.07) is 0. The lowest BCUT2D eigenvalue weighted by Crippen LogP contribution is -2.26. The van der Waals surface area contributed by atoms with Gasteiger partial charge in [-0.15, -0.1) is 0 Å². The average Bonchev–Trinajstić information content (AvgIpc) is 2.50. The summed E-state index contributed by atoms with van der Waals surface area (Å²) in [6.07, 6.45) is 2.71. The van der Waals surface area contributed by atoms with E-state index in [4.69, 9.17) is 4.74 Å². The summed E-state index contributed by atoms with van der Waals surface area (Å²) in [7, 11) is 1.83. The first-order chi connectivity index (χ1) is 6.92. The largest absolute Gasteiger partial charge is 0.443 e. The number of rotatable bonds is 2. The van der Waals surface area contributed by atoms with Crippen molar-refractivity contribution in [3.63, 3.8) is 0 Å². The minimum atomic E-state index is -0.482. The number of hydrogen-bond acceptors (Lipinski definition) is 4. The lowest BCUT2D eigenvalue weighted by molar-refractivity contribution is 0.0536. The standard InChI is InChI=1S/C10H17N3O2/c1-10(2,3)15-9(14)13-6-8(5-11-4)12-7-13/h6-7,11H,5H2,1-4H3. The van der Waals surface area contributed by atoms with Crippen molar-refractivity contribution in [1.82, 2.24) is 14.9 Å². The summed E-state index contributed by atoms with van der Waals surface area (Å²) in [5.41, 5.74) is 0.327. The monoisotopic (exact) mass is 211 g/mol. The Labute approximate surface area is 89.4 Å². The van der Waals surface area contributed by atoms with E-state index in [0.29, 0.717) is 6.54 Å². The third-order valence-corrected chi connectivity index (χ3v) is 1.60. The zero-order valence-corrected chi connectivity index (χ0v) is 9.57. The summed E-state index contributed by atoms with van der Waals surface area (Å²) < 4.78 is 6.52. The molecule has 5 heteroatoms. The van der Waals surface area contributed by atoms with Crippen LogP contribution in [0.25, 0.3) is 0 Å². The molecule has 0 saturated heterocycles. The molecule has 0 amide bonds. The van der Waals surface area contributed by atoms with Crippen LogP contribution in [-0.4, -0.2) is 28.3 Å². The van der Waals surface area contributed by atoms with Crippen LogP contribution < -0.4 is 5.32 Å². The first-order valence-electron chi connectivity index (χ1n) is 4.83. The second-order valence-corrected chi connectivity index (χ2v) is 4.28. The Kier molecular flexibility index (Phi) is 3.47. The third kappa shape index (κ3) is 3.71. The molecule has 1 heterocycles. The first-order valence-corrected chi connectivity index (χ1v) is 4.83. The summed E-state index contributed by atoms with van der Waals surface area (Å²) in [6.45, 7) is 6.12. The second-order valence-electron chi connectivity index (χ2n) is 4.28. The molecule has 0 aliphatic heterocycles. The molecule has 0 bridgehead atoms. The van der Waals surface area contributed by atoms with E-state index in [1.807, 2.05) is 27.8 Å². The highest BCUT2D eigenvalue weighted by molar-refractivity contribution is 5.70. The number of carbonyl (C=O) groups is 1. The summed E-state index contributed by atoms with van der Waals surface area (Å²) >= 11 is 0. The minimum absolute atomic E-state index is 0.405. The number of carbonyl (C=O) groups excluding carboxylic acids is 1. The fourth-order valence-electron chi connectivity index (χ4n) is 1.05. The summed E-state index contributed by atoms with van der Waals surface area (Å²) in [4.78, 5) is 15.6. The number of hydrogen-bond donors (Lipinski definition) is 1. The normalized spacial score (nSPS) is 11.5. The van der Waals surface area contributed by atoms with Gasteiger partial charge in [0.05, 0.1) is 5.69 Å². The van der Waals surface area contributed by atoms with Crippen LogP contribution in [0.5, 0.6) is 0 Å². The van der Waals surface area contributed by atoms with E-state index in [9.17, 15) is 4.79 Å². The molecule has 0 aliphatic carbocycles. The summed E-state index contributed by atoms with van der Waals surface area (Å²) in [5.74, 6) is 0. The fourth-order valence-corrected chi connectivity index (χ4v) is 1.05. The molecule has 15 heavy (non-hydrogen) atoms. The van der Waals surface area contributed by atoms with E-state index in [0.717, 1.165) is 5.69 Å². The molecule has 0 aromatic carbocycles. The van der Waals surface area contributed by atoms with E-state index in [-0.39, 0.29) is 0 Å². The van der Waals surface area contributed by atoms with Crippen LogP contribution in [0.4, 0.5) is 4.79 Å². The molecule has 0 radical (unpaired) electrons. The summed E-state index contributed by atoms with van der Waals surface area (Å²) in [5, 5.41) is 2.96. The van der Waals surface area contributed by atoms with Gasteiger partial charge in [-0.3, -0.25) is 0 Å². The van der Waals surface area contributed by atoms with Crippen LogP contribution in [0, 0.1) is 0 Å². The van der Waals surface area contributed by atoms with Crippen LogP contribution in [-0.2, 0) is 11.3 Å². The molecule has 1 N–H and O–H groups in total. The Morgan fingerprint density at radius 2 is 2.27 bits per heavy atom. The van der Waals surface area contributed by atoms with Gasteiger partial charge in [0.25, 0.3) is 0 Å². The van der Waals surface area contributed by atoms with Crippen molar-refractivity contribution >= 4 is 6.09 Å². The van der Waals surface area contributed by atoms with Crippen molar-refractivity contribution in [3.8, 4) is 0 Å². The van der Waals surface area contributed by atoms with Gasteiger partial charge < -0.3 is 10.1 Å². The lowest BCUT2D eigenvalue weighted by atomic mass is 10.2. The lowest BCUT2D eigenvalue weighted by Gasteiger charge is -2.19. The molecule has 1 aromatic heterocycles. The van der Waals surface area contributed by atoms with Crippen molar-refractivity contribution in [1.29, 1.82) is 0 Å². The van der Waals surface area contributed by atoms with Gasteiger partial charge in [-0.2, -0.15) is 0 Å². The number of nitrogens with zero attached hydrogens (tertiary/aromatic N) is 2. The minimum Gasteiger partial charge on any atom is -0.443 e. The van der Waals surface area contributed by atoms with E-state index in [1.54, 1.807) is 6.20 Å². The number of imidazole rings is 1. The topological polar surface area (TPSA) is 56.2 Å². The molecular formula is C10H17N3O2. The average molecular weight is 211 g/mol. The highest BCUT2D eigenvalue weighted by atomic mass is 16.6. The second kappa shape index (κ2) is 4.44. The molecule has 0 saturated carbocycles. The maximum absolute atomic E-state index is 11.6. The number of nitrogens with one attached hydrogen (secondary N) is 1. The zero-order valence-electron chi connectivity index (χ0n) is 9.57. The van der Waals surface area contributed by atoms with Crippen LogP contribution >= 0.6 is 0 Å². The molecule has 1 rings (SSSR count). The van der Waals surface area contributed by atoms with E-state index in [1.165, 1.54) is 10.9 Å². The Morgan fingerprint density at radius 1 is 1.60 bits per heavy atom. The van der Waals surface area contributed by atoms with Crippen molar-refractivity contribution in [2.24, 2.45) is 0 Å². The van der Waals surface area contributed by atoms with Crippen LogP contribution in [0.15, 0.2) is 12.5 Å². The van der Waals surface area contributed by atoms with Crippen LogP contribution in [0.3, 0.4) is 0 Å². The predicted octanol–water partition coefficient (Wildman–Crippen LogP) is 1.39. The van der Waals surface area contributed by atoms with Crippen molar-refractivity contribution in [2.45, 2.75) is 32.9 Å². The number of ether oxygens (including phenoxy) is 1. The maximum atomic E-state index is 11.6.